The van der Waals surface area contributed by atoms with Crippen molar-refractivity contribution in [2.75, 3.05) is 6.61 Å². The minimum atomic E-state index is -1.22. The molecule has 4 atom stereocenters. The van der Waals surface area contributed by atoms with Crippen LogP contribution in [0.25, 0.3) is 0 Å². The first kappa shape index (κ1) is 10.6. The van der Waals surface area contributed by atoms with Crippen molar-refractivity contribution in [2.45, 2.75) is 24.5 Å². The van der Waals surface area contributed by atoms with E-state index >= 15 is 0 Å². The third-order valence-electron chi connectivity index (χ3n) is 2.86. The third-order valence-corrected chi connectivity index (χ3v) is 2.86. The Hall–Kier alpha value is -1.51. The second kappa shape index (κ2) is 3.49. The van der Waals surface area contributed by atoms with Crippen LogP contribution in [-0.2, 0) is 4.74 Å². The number of nitrogens with zero attached hydrogens (tertiary/aromatic N) is 2. The maximum absolute atomic E-state index is 13.1. The molecule has 0 unspecified atom stereocenters. The lowest BCUT2D eigenvalue weighted by Crippen LogP contribution is -2.37. The van der Waals surface area contributed by atoms with Crippen molar-refractivity contribution >= 4 is 0 Å². The Labute approximate surface area is 94.0 Å². The topological polar surface area (TPSA) is 93.8 Å². The molecule has 2 bridgehead atoms. The fraction of sp³-hybridized carbons (Fsp3) is 0.556. The summed E-state index contributed by atoms with van der Waals surface area (Å²) in [5.74, 6) is -1.08. The van der Waals surface area contributed by atoms with Gasteiger partial charge < -0.3 is 19.7 Å². The molecule has 92 valence electrons. The lowest BCUT2D eigenvalue weighted by molar-refractivity contribution is -0.0321. The van der Waals surface area contributed by atoms with Crippen LogP contribution in [-0.4, -0.2) is 44.7 Å². The van der Waals surface area contributed by atoms with Gasteiger partial charge in [0, 0.05) is 0 Å². The van der Waals surface area contributed by atoms with Crippen LogP contribution in [0, 0.1) is 5.82 Å². The Balaban J connectivity index is 2.13. The Bertz CT molecular complexity index is 519. The van der Waals surface area contributed by atoms with Crippen LogP contribution in [0.3, 0.4) is 0 Å². The van der Waals surface area contributed by atoms with Crippen LogP contribution in [0.4, 0.5) is 4.39 Å². The van der Waals surface area contributed by atoms with Gasteiger partial charge in [0.05, 0.1) is 6.20 Å². The summed E-state index contributed by atoms with van der Waals surface area (Å²) in [4.78, 5) is 14.4. The van der Waals surface area contributed by atoms with Crippen LogP contribution in [0.2, 0.25) is 0 Å². The van der Waals surface area contributed by atoms with Gasteiger partial charge in [0.25, 0.3) is 0 Å². The van der Waals surface area contributed by atoms with Crippen LogP contribution in [0.15, 0.2) is 11.0 Å². The Morgan fingerprint density at radius 3 is 3.00 bits per heavy atom. The van der Waals surface area contributed by atoms with Crippen LogP contribution < -0.4 is 10.3 Å². The van der Waals surface area contributed by atoms with Crippen molar-refractivity contribution < 1.29 is 24.1 Å². The van der Waals surface area contributed by atoms with Gasteiger partial charge in [-0.15, -0.1) is 0 Å². The van der Waals surface area contributed by atoms with Crippen LogP contribution in [0.1, 0.15) is 6.23 Å². The molecule has 1 saturated heterocycles. The number of fused-ring (bicyclic) bond motifs is 4. The summed E-state index contributed by atoms with van der Waals surface area (Å²) < 4.78 is 24.6. The molecule has 3 rings (SSSR count). The molecule has 2 N–H and O–H groups in total. The highest BCUT2D eigenvalue weighted by Crippen LogP contribution is 2.34. The number of hydrogen-bond donors (Lipinski definition) is 2. The minimum Gasteiger partial charge on any atom is -0.462 e. The molecule has 3 heterocycles. The summed E-state index contributed by atoms with van der Waals surface area (Å²) in [6, 6.07) is -0.130. The predicted octanol–water partition coefficient (Wildman–Crippen LogP) is -1.61. The fourth-order valence-corrected chi connectivity index (χ4v) is 1.97. The molecule has 8 heteroatoms. The largest absolute Gasteiger partial charge is 0.462 e. The second-order valence-corrected chi connectivity index (χ2v) is 3.94. The van der Waals surface area contributed by atoms with Crippen molar-refractivity contribution in [3.8, 4) is 6.01 Å². The maximum Gasteiger partial charge on any atom is 0.311 e. The molecular weight excluding hydrogens is 235 g/mol. The Kier molecular flexibility index (Phi) is 2.18. The first-order chi connectivity index (χ1) is 8.08. The summed E-state index contributed by atoms with van der Waals surface area (Å²) in [6.45, 7) is -0.0627. The zero-order valence-electron chi connectivity index (χ0n) is 8.49. The molecule has 0 radical (unpaired) electrons. The number of aromatic nitrogens is 2. The van der Waals surface area contributed by atoms with Gasteiger partial charge in [0.2, 0.25) is 5.82 Å². The van der Waals surface area contributed by atoms with Crippen molar-refractivity contribution in [3.63, 3.8) is 0 Å². The molecule has 2 aliphatic heterocycles. The number of ether oxygens (including phenoxy) is 2. The van der Waals surface area contributed by atoms with Gasteiger partial charge in [0.15, 0.2) is 6.23 Å². The van der Waals surface area contributed by atoms with Gasteiger partial charge in [-0.2, -0.15) is 9.37 Å². The van der Waals surface area contributed by atoms with E-state index in [0.29, 0.717) is 0 Å². The van der Waals surface area contributed by atoms with E-state index < -0.39 is 35.9 Å². The first-order valence-electron chi connectivity index (χ1n) is 5.01. The molecule has 0 spiro atoms. The van der Waals surface area contributed by atoms with E-state index in [1.54, 1.807) is 0 Å². The van der Waals surface area contributed by atoms with E-state index in [1.165, 1.54) is 0 Å². The molecular formula is C9H9FN2O5. The summed E-state index contributed by atoms with van der Waals surface area (Å²) in [5.41, 5.74) is -1.04. The van der Waals surface area contributed by atoms with Gasteiger partial charge in [-0.3, -0.25) is 9.36 Å². The molecule has 1 fully saturated rings. The zero-order chi connectivity index (χ0) is 12.2. The highest BCUT2D eigenvalue weighted by atomic mass is 19.1. The smallest absolute Gasteiger partial charge is 0.311 e. The van der Waals surface area contributed by atoms with Crippen LogP contribution >= 0.6 is 0 Å². The van der Waals surface area contributed by atoms with Gasteiger partial charge >= 0.3 is 11.6 Å². The average Bonchev–Trinajstić information content (AvgIpc) is 2.49. The van der Waals surface area contributed by atoms with E-state index in [0.717, 1.165) is 10.8 Å². The van der Waals surface area contributed by atoms with Crippen molar-refractivity contribution in [2.24, 2.45) is 0 Å². The Morgan fingerprint density at radius 2 is 2.24 bits per heavy atom. The summed E-state index contributed by atoms with van der Waals surface area (Å²) in [5, 5.41) is 19.3. The lowest BCUT2D eigenvalue weighted by Gasteiger charge is -2.20. The fourth-order valence-electron chi connectivity index (χ4n) is 1.97. The quantitative estimate of drug-likeness (QED) is 0.570. The predicted molar refractivity (Wildman–Crippen MR) is 49.9 cm³/mol. The average molecular weight is 244 g/mol. The number of rotatable bonds is 0. The van der Waals surface area contributed by atoms with Crippen LogP contribution in [0.5, 0.6) is 6.01 Å². The minimum absolute atomic E-state index is 0.0627. The van der Waals surface area contributed by atoms with Crippen molar-refractivity contribution in [3.05, 3.63) is 22.4 Å². The molecule has 0 saturated carbocycles. The summed E-state index contributed by atoms with van der Waals surface area (Å²) in [6.07, 6.45) is -3.22. The van der Waals surface area contributed by atoms with E-state index in [9.17, 15) is 19.4 Å². The number of halogens is 1. The highest BCUT2D eigenvalue weighted by Gasteiger charge is 2.46. The van der Waals surface area contributed by atoms with Gasteiger partial charge in [-0.25, -0.2) is 0 Å². The van der Waals surface area contributed by atoms with Crippen molar-refractivity contribution in [1.82, 2.24) is 9.55 Å². The SMILES string of the molecule is O=c1nc2n(cc1F)[C@@H]1O[C@H](CO2)[C@@H](O)[C@H]1O. The van der Waals surface area contributed by atoms with E-state index in [1.807, 2.05) is 0 Å². The van der Waals surface area contributed by atoms with Crippen molar-refractivity contribution in [1.29, 1.82) is 0 Å². The normalized spacial score (nSPS) is 35.0. The van der Waals surface area contributed by atoms with Gasteiger partial charge in [-0.05, 0) is 0 Å². The molecule has 0 amide bonds. The summed E-state index contributed by atoms with van der Waals surface area (Å²) in [7, 11) is 0. The maximum atomic E-state index is 13.1. The number of aliphatic hydroxyl groups excluding tert-OH is 2. The Morgan fingerprint density at radius 1 is 1.47 bits per heavy atom. The molecule has 0 aliphatic carbocycles. The standard InChI is InChI=1S/C9H9FN2O5/c10-3-1-12-8-6(14)5(13)4(17-8)2-16-9(12)11-7(3)15/h1,4-6,8,13-14H,2H2/t4-,5-,6-,8-/m1/s1. The number of hydrogen-bond acceptors (Lipinski definition) is 6. The molecule has 2 aliphatic rings. The lowest BCUT2D eigenvalue weighted by atomic mass is 10.1. The molecule has 1 aromatic heterocycles. The molecule has 7 nitrogen and oxygen atoms in total. The monoisotopic (exact) mass is 244 g/mol. The van der Waals surface area contributed by atoms with E-state index in [2.05, 4.69) is 4.98 Å². The summed E-state index contributed by atoms with van der Waals surface area (Å²) >= 11 is 0. The zero-order valence-corrected chi connectivity index (χ0v) is 8.49. The highest BCUT2D eigenvalue weighted by molar-refractivity contribution is 5.07. The number of aliphatic hydroxyl groups is 2. The molecule has 17 heavy (non-hydrogen) atoms. The second-order valence-electron chi connectivity index (χ2n) is 3.94. The first-order valence-corrected chi connectivity index (χ1v) is 5.01. The molecule has 1 aromatic rings. The third kappa shape index (κ3) is 1.45. The van der Waals surface area contributed by atoms with E-state index in [-0.39, 0.29) is 12.6 Å². The van der Waals surface area contributed by atoms with E-state index in [4.69, 9.17) is 9.47 Å². The van der Waals surface area contributed by atoms with Gasteiger partial charge in [0.1, 0.15) is 24.9 Å². The van der Waals surface area contributed by atoms with Gasteiger partial charge in [-0.1, -0.05) is 0 Å². The molecule has 0 aromatic carbocycles.